The average molecular weight is 135 g/mol. The Bertz CT molecular complexity index is 103. The second kappa shape index (κ2) is 2.35. The first kappa shape index (κ1) is 5.89. The van der Waals surface area contributed by atoms with E-state index in [1.165, 1.54) is 0 Å². The maximum absolute atomic E-state index is 10.3. The number of esters is 1. The number of ether oxygens (including phenoxy) is 1. The lowest BCUT2D eigenvalue weighted by molar-refractivity contribution is -0.137. The molecule has 0 N–H and O–H groups in total. The Morgan fingerprint density at radius 1 is 1.88 bits per heavy atom. The van der Waals surface area contributed by atoms with Crippen molar-refractivity contribution in [1.29, 1.82) is 0 Å². The van der Waals surface area contributed by atoms with Gasteiger partial charge in [-0.05, 0) is 0 Å². The van der Waals surface area contributed by atoms with Gasteiger partial charge < -0.3 is 4.74 Å². The number of hydrogen-bond acceptors (Lipinski definition) is 2. The fourth-order valence-electron chi connectivity index (χ4n) is 0.663. The van der Waals surface area contributed by atoms with Crippen molar-refractivity contribution < 1.29 is 9.53 Å². The largest absolute Gasteiger partial charge is 0.465 e. The van der Waals surface area contributed by atoms with Crippen molar-refractivity contribution >= 4 is 17.6 Å². The van der Waals surface area contributed by atoms with E-state index in [0.29, 0.717) is 18.9 Å². The minimum atomic E-state index is -0.115. The Balaban J connectivity index is 2.32. The summed E-state index contributed by atoms with van der Waals surface area (Å²) in [6.45, 7) is 0.516. The van der Waals surface area contributed by atoms with Crippen LogP contribution in [0.2, 0.25) is 0 Å². The van der Waals surface area contributed by atoms with E-state index in [4.69, 9.17) is 11.6 Å². The Morgan fingerprint density at radius 3 is 2.88 bits per heavy atom. The molecule has 1 aliphatic rings. The van der Waals surface area contributed by atoms with Gasteiger partial charge in [0.25, 0.3) is 0 Å². The molecule has 1 saturated heterocycles. The number of halogens is 1. The normalized spacial score (nSPS) is 28.1. The summed E-state index contributed by atoms with van der Waals surface area (Å²) >= 11 is 5.44. The summed E-state index contributed by atoms with van der Waals surface area (Å²) in [5.74, 6) is 0.686. The van der Waals surface area contributed by atoms with Gasteiger partial charge in [-0.15, -0.1) is 11.6 Å². The topological polar surface area (TPSA) is 26.3 Å². The molecular weight excluding hydrogens is 128 g/mol. The van der Waals surface area contributed by atoms with E-state index in [1.54, 1.807) is 0 Å². The minimum Gasteiger partial charge on any atom is -0.465 e. The summed E-state index contributed by atoms with van der Waals surface area (Å²) < 4.78 is 4.63. The Hall–Kier alpha value is -0.240. The van der Waals surface area contributed by atoms with E-state index in [2.05, 4.69) is 4.74 Å². The van der Waals surface area contributed by atoms with Crippen molar-refractivity contribution in [3.8, 4) is 0 Å². The molecule has 8 heavy (non-hydrogen) atoms. The summed E-state index contributed by atoms with van der Waals surface area (Å²) in [5, 5.41) is 0. The van der Waals surface area contributed by atoms with E-state index in [9.17, 15) is 4.79 Å². The van der Waals surface area contributed by atoms with Crippen LogP contribution in [-0.2, 0) is 9.53 Å². The van der Waals surface area contributed by atoms with Crippen LogP contribution in [0.3, 0.4) is 0 Å². The van der Waals surface area contributed by atoms with Crippen LogP contribution in [0.1, 0.15) is 6.42 Å². The van der Waals surface area contributed by atoms with E-state index in [1.807, 2.05) is 0 Å². The number of cyclic esters (lactones) is 1. The Morgan fingerprint density at radius 2 is 2.62 bits per heavy atom. The van der Waals surface area contributed by atoms with E-state index in [0.717, 1.165) is 0 Å². The lowest BCUT2D eigenvalue weighted by Crippen LogP contribution is -1.99. The van der Waals surface area contributed by atoms with Crippen molar-refractivity contribution in [3.63, 3.8) is 0 Å². The third-order valence-electron chi connectivity index (χ3n) is 1.15. The molecule has 1 aliphatic heterocycles. The lowest BCUT2D eigenvalue weighted by atomic mass is 10.2. The van der Waals surface area contributed by atoms with Gasteiger partial charge in [0.2, 0.25) is 0 Å². The van der Waals surface area contributed by atoms with Crippen LogP contribution >= 0.6 is 11.6 Å². The van der Waals surface area contributed by atoms with Crippen molar-refractivity contribution in [1.82, 2.24) is 0 Å². The smallest absolute Gasteiger partial charge is 0.306 e. The molecule has 1 heterocycles. The molecule has 0 bridgehead atoms. The predicted molar refractivity (Wildman–Crippen MR) is 29.8 cm³/mol. The number of alkyl halides is 1. The first-order valence-electron chi connectivity index (χ1n) is 2.54. The zero-order chi connectivity index (χ0) is 5.98. The van der Waals surface area contributed by atoms with Crippen molar-refractivity contribution in [2.75, 3.05) is 12.5 Å². The monoisotopic (exact) mass is 134 g/mol. The van der Waals surface area contributed by atoms with Crippen LogP contribution in [0.4, 0.5) is 0 Å². The zero-order valence-electron chi connectivity index (χ0n) is 4.39. The van der Waals surface area contributed by atoms with Crippen molar-refractivity contribution in [2.45, 2.75) is 6.42 Å². The van der Waals surface area contributed by atoms with Crippen LogP contribution in [0, 0.1) is 5.92 Å². The van der Waals surface area contributed by atoms with Crippen LogP contribution < -0.4 is 0 Å². The van der Waals surface area contributed by atoms with Crippen molar-refractivity contribution in [2.24, 2.45) is 5.92 Å². The molecule has 1 atom stereocenters. The van der Waals surface area contributed by atoms with E-state index < -0.39 is 0 Å². The molecule has 0 aromatic rings. The Labute approximate surface area is 52.8 Å². The Kier molecular flexibility index (Phi) is 1.73. The molecule has 0 amide bonds. The molecule has 0 radical (unpaired) electrons. The number of hydrogen-bond donors (Lipinski definition) is 0. The van der Waals surface area contributed by atoms with Crippen LogP contribution in [0.25, 0.3) is 0 Å². The molecule has 0 aromatic heterocycles. The van der Waals surface area contributed by atoms with Gasteiger partial charge in [-0.2, -0.15) is 0 Å². The number of carbonyl (C=O) groups excluding carboxylic acids is 1. The third kappa shape index (κ3) is 1.13. The fourth-order valence-corrected chi connectivity index (χ4v) is 0.862. The highest BCUT2D eigenvalue weighted by molar-refractivity contribution is 6.18. The first-order chi connectivity index (χ1) is 3.83. The summed E-state index contributed by atoms with van der Waals surface area (Å²) in [6, 6.07) is 0. The highest BCUT2D eigenvalue weighted by Crippen LogP contribution is 2.14. The van der Waals surface area contributed by atoms with Crippen LogP contribution in [0.5, 0.6) is 0 Å². The molecule has 0 aromatic carbocycles. The van der Waals surface area contributed by atoms with Gasteiger partial charge in [-0.3, -0.25) is 4.79 Å². The average Bonchev–Trinajstić information content (AvgIpc) is 2.14. The summed E-state index contributed by atoms with van der Waals surface area (Å²) in [4.78, 5) is 10.3. The van der Waals surface area contributed by atoms with Crippen LogP contribution in [-0.4, -0.2) is 18.5 Å². The maximum Gasteiger partial charge on any atom is 0.306 e. The predicted octanol–water partition coefficient (Wildman–Crippen LogP) is 0.788. The van der Waals surface area contributed by atoms with Gasteiger partial charge in [0, 0.05) is 11.8 Å². The van der Waals surface area contributed by atoms with Crippen molar-refractivity contribution in [3.05, 3.63) is 0 Å². The summed E-state index contributed by atoms with van der Waals surface area (Å²) in [5.41, 5.74) is 0. The number of rotatable bonds is 1. The molecule has 1 rings (SSSR count). The van der Waals surface area contributed by atoms with Crippen LogP contribution in [0.15, 0.2) is 0 Å². The summed E-state index contributed by atoms with van der Waals surface area (Å²) in [7, 11) is 0. The summed E-state index contributed by atoms with van der Waals surface area (Å²) in [6.07, 6.45) is 0.503. The third-order valence-corrected chi connectivity index (χ3v) is 1.59. The van der Waals surface area contributed by atoms with Gasteiger partial charge in [0.05, 0.1) is 13.0 Å². The van der Waals surface area contributed by atoms with Gasteiger partial charge in [-0.25, -0.2) is 0 Å². The highest BCUT2D eigenvalue weighted by atomic mass is 35.5. The second-order valence-corrected chi connectivity index (χ2v) is 2.22. The molecule has 3 heteroatoms. The molecule has 46 valence electrons. The quantitative estimate of drug-likeness (QED) is 0.392. The minimum absolute atomic E-state index is 0.115. The van der Waals surface area contributed by atoms with Gasteiger partial charge in [-0.1, -0.05) is 0 Å². The molecule has 0 spiro atoms. The van der Waals surface area contributed by atoms with E-state index >= 15 is 0 Å². The zero-order valence-corrected chi connectivity index (χ0v) is 5.15. The number of carbonyl (C=O) groups is 1. The first-order valence-corrected chi connectivity index (χ1v) is 3.08. The molecule has 2 nitrogen and oxygen atoms in total. The highest BCUT2D eigenvalue weighted by Gasteiger charge is 2.21. The van der Waals surface area contributed by atoms with Gasteiger partial charge in [0.1, 0.15) is 0 Å². The molecule has 0 unspecified atom stereocenters. The second-order valence-electron chi connectivity index (χ2n) is 1.91. The maximum atomic E-state index is 10.3. The van der Waals surface area contributed by atoms with E-state index in [-0.39, 0.29) is 11.9 Å². The fraction of sp³-hybridized carbons (Fsp3) is 0.800. The van der Waals surface area contributed by atoms with Gasteiger partial charge >= 0.3 is 5.97 Å². The molecule has 0 aliphatic carbocycles. The molecule has 0 saturated carbocycles. The SMILES string of the molecule is O=C1C[C@H](CCl)CO1. The standard InChI is InChI=1S/C5H7ClO2/c6-2-4-1-5(7)8-3-4/h4H,1-3H2/t4-/m1/s1. The molecule has 1 fully saturated rings. The molecular formula is C5H7ClO2. The van der Waals surface area contributed by atoms with Gasteiger partial charge in [0.15, 0.2) is 0 Å². The lowest BCUT2D eigenvalue weighted by Gasteiger charge is -1.93.